The summed E-state index contributed by atoms with van der Waals surface area (Å²) < 4.78 is 11.4. The Bertz CT molecular complexity index is 169. The molecule has 2 N–H and O–H groups in total. The zero-order valence-electron chi connectivity index (χ0n) is 8.78. The van der Waals surface area contributed by atoms with Crippen LogP contribution in [0.5, 0.6) is 0 Å². The van der Waals surface area contributed by atoms with Crippen LogP contribution in [-0.4, -0.2) is 32.0 Å². The first-order chi connectivity index (χ1) is 6.90. The molecule has 0 aromatic rings. The number of ether oxygens (including phenoxy) is 2. The van der Waals surface area contributed by atoms with Gasteiger partial charge >= 0.3 is 0 Å². The summed E-state index contributed by atoms with van der Waals surface area (Å²) >= 11 is 0. The van der Waals surface area contributed by atoms with Crippen molar-refractivity contribution in [2.75, 3.05) is 19.8 Å². The third kappa shape index (κ3) is 2.47. The topological polar surface area (TPSA) is 44.5 Å². The summed E-state index contributed by atoms with van der Waals surface area (Å²) in [5.74, 6) is 0.609. The molecule has 14 heavy (non-hydrogen) atoms. The first kappa shape index (κ1) is 10.4. The molecule has 1 heterocycles. The summed E-state index contributed by atoms with van der Waals surface area (Å²) in [5.41, 5.74) is 5.72. The van der Waals surface area contributed by atoms with Crippen molar-refractivity contribution in [1.82, 2.24) is 0 Å². The highest BCUT2D eigenvalue weighted by Crippen LogP contribution is 2.29. The molecule has 1 aliphatic carbocycles. The molecule has 1 aliphatic heterocycles. The monoisotopic (exact) mass is 199 g/mol. The van der Waals surface area contributed by atoms with Gasteiger partial charge in [-0.05, 0) is 38.1 Å². The van der Waals surface area contributed by atoms with E-state index in [1.807, 2.05) is 0 Å². The second kappa shape index (κ2) is 5.10. The predicted molar refractivity (Wildman–Crippen MR) is 55.1 cm³/mol. The van der Waals surface area contributed by atoms with Gasteiger partial charge in [0.2, 0.25) is 0 Å². The van der Waals surface area contributed by atoms with Gasteiger partial charge in [-0.25, -0.2) is 0 Å². The van der Waals surface area contributed by atoms with Gasteiger partial charge in [0.05, 0.1) is 12.2 Å². The molecular weight excluding hydrogens is 178 g/mol. The lowest BCUT2D eigenvalue weighted by molar-refractivity contribution is -0.0782. The Morgan fingerprint density at radius 3 is 2.64 bits per heavy atom. The van der Waals surface area contributed by atoms with Crippen molar-refractivity contribution in [3.05, 3.63) is 0 Å². The molecule has 2 fully saturated rings. The maximum atomic E-state index is 6.10. The molecule has 2 unspecified atom stereocenters. The fourth-order valence-corrected chi connectivity index (χ4v) is 2.51. The largest absolute Gasteiger partial charge is 0.381 e. The van der Waals surface area contributed by atoms with Crippen molar-refractivity contribution in [2.45, 2.75) is 44.3 Å². The molecule has 0 aromatic heterocycles. The number of hydrogen-bond donors (Lipinski definition) is 1. The molecule has 2 atom stereocenters. The maximum Gasteiger partial charge on any atom is 0.0622 e. The standard InChI is InChI=1S/C11H21NO2/c12-8-9-2-1-3-11(9)14-10-4-6-13-7-5-10/h9-11H,1-8,12H2. The Kier molecular flexibility index (Phi) is 3.79. The first-order valence-corrected chi connectivity index (χ1v) is 5.83. The zero-order valence-corrected chi connectivity index (χ0v) is 8.78. The van der Waals surface area contributed by atoms with E-state index in [-0.39, 0.29) is 0 Å². The Morgan fingerprint density at radius 2 is 1.93 bits per heavy atom. The van der Waals surface area contributed by atoms with Crippen LogP contribution in [0.15, 0.2) is 0 Å². The number of hydrogen-bond acceptors (Lipinski definition) is 3. The Balaban J connectivity index is 1.77. The average Bonchev–Trinajstić information content (AvgIpc) is 2.67. The van der Waals surface area contributed by atoms with E-state index in [1.165, 1.54) is 19.3 Å². The molecule has 1 saturated heterocycles. The summed E-state index contributed by atoms with van der Waals surface area (Å²) in [6, 6.07) is 0. The van der Waals surface area contributed by atoms with Crippen molar-refractivity contribution >= 4 is 0 Å². The second-order valence-electron chi connectivity index (χ2n) is 4.41. The lowest BCUT2D eigenvalue weighted by Crippen LogP contribution is -2.32. The summed E-state index contributed by atoms with van der Waals surface area (Å²) in [5, 5.41) is 0. The smallest absolute Gasteiger partial charge is 0.0622 e. The third-order valence-electron chi connectivity index (χ3n) is 3.43. The third-order valence-corrected chi connectivity index (χ3v) is 3.43. The van der Waals surface area contributed by atoms with E-state index in [2.05, 4.69) is 0 Å². The molecule has 1 saturated carbocycles. The Labute approximate surface area is 85.9 Å². The predicted octanol–water partition coefficient (Wildman–Crippen LogP) is 1.31. The molecule has 0 radical (unpaired) electrons. The molecule has 2 aliphatic rings. The molecule has 3 heteroatoms. The van der Waals surface area contributed by atoms with E-state index in [0.29, 0.717) is 18.1 Å². The van der Waals surface area contributed by atoms with Gasteiger partial charge in [0, 0.05) is 13.2 Å². The van der Waals surface area contributed by atoms with Crippen LogP contribution in [0.25, 0.3) is 0 Å². The highest BCUT2D eigenvalue weighted by atomic mass is 16.5. The van der Waals surface area contributed by atoms with Crippen molar-refractivity contribution in [2.24, 2.45) is 11.7 Å². The SMILES string of the molecule is NCC1CCCC1OC1CCOCC1. The van der Waals surface area contributed by atoms with Crippen molar-refractivity contribution < 1.29 is 9.47 Å². The summed E-state index contributed by atoms with van der Waals surface area (Å²) in [4.78, 5) is 0. The fourth-order valence-electron chi connectivity index (χ4n) is 2.51. The van der Waals surface area contributed by atoms with Crippen molar-refractivity contribution in [3.63, 3.8) is 0 Å². The second-order valence-corrected chi connectivity index (χ2v) is 4.41. The molecule has 0 bridgehead atoms. The van der Waals surface area contributed by atoms with E-state index in [9.17, 15) is 0 Å². The number of nitrogens with two attached hydrogens (primary N) is 1. The summed E-state index contributed by atoms with van der Waals surface area (Å²) in [6.07, 6.45) is 6.74. The molecule has 82 valence electrons. The maximum absolute atomic E-state index is 6.10. The average molecular weight is 199 g/mol. The van der Waals surface area contributed by atoms with Crippen LogP contribution in [-0.2, 0) is 9.47 Å². The van der Waals surface area contributed by atoms with Gasteiger partial charge in [-0.3, -0.25) is 0 Å². The lowest BCUT2D eigenvalue weighted by Gasteiger charge is -2.28. The molecule has 0 spiro atoms. The zero-order chi connectivity index (χ0) is 9.80. The van der Waals surface area contributed by atoms with E-state index in [4.69, 9.17) is 15.2 Å². The lowest BCUT2D eigenvalue weighted by atomic mass is 10.1. The van der Waals surface area contributed by atoms with Crippen LogP contribution < -0.4 is 5.73 Å². The van der Waals surface area contributed by atoms with E-state index >= 15 is 0 Å². The van der Waals surface area contributed by atoms with Crippen molar-refractivity contribution in [3.8, 4) is 0 Å². The molecule has 3 nitrogen and oxygen atoms in total. The van der Waals surface area contributed by atoms with Gasteiger partial charge in [0.1, 0.15) is 0 Å². The van der Waals surface area contributed by atoms with Crippen LogP contribution in [0, 0.1) is 5.92 Å². The van der Waals surface area contributed by atoms with Crippen LogP contribution in [0.4, 0.5) is 0 Å². The van der Waals surface area contributed by atoms with E-state index in [1.54, 1.807) is 0 Å². The van der Waals surface area contributed by atoms with Gasteiger partial charge in [0.15, 0.2) is 0 Å². The van der Waals surface area contributed by atoms with Crippen LogP contribution in [0.3, 0.4) is 0 Å². The van der Waals surface area contributed by atoms with Crippen LogP contribution in [0.2, 0.25) is 0 Å². The van der Waals surface area contributed by atoms with Crippen LogP contribution >= 0.6 is 0 Å². The Hall–Kier alpha value is -0.120. The summed E-state index contributed by atoms with van der Waals surface area (Å²) in [7, 11) is 0. The molecule has 0 aromatic carbocycles. The van der Waals surface area contributed by atoms with Crippen molar-refractivity contribution in [1.29, 1.82) is 0 Å². The quantitative estimate of drug-likeness (QED) is 0.745. The minimum atomic E-state index is 0.431. The molecule has 0 amide bonds. The first-order valence-electron chi connectivity index (χ1n) is 5.83. The van der Waals surface area contributed by atoms with Gasteiger partial charge in [-0.2, -0.15) is 0 Å². The van der Waals surface area contributed by atoms with Gasteiger partial charge in [0.25, 0.3) is 0 Å². The summed E-state index contributed by atoms with van der Waals surface area (Å²) in [6.45, 7) is 2.52. The van der Waals surface area contributed by atoms with E-state index < -0.39 is 0 Å². The van der Waals surface area contributed by atoms with Crippen LogP contribution in [0.1, 0.15) is 32.1 Å². The minimum absolute atomic E-state index is 0.431. The Morgan fingerprint density at radius 1 is 1.14 bits per heavy atom. The fraction of sp³-hybridized carbons (Fsp3) is 1.00. The van der Waals surface area contributed by atoms with Gasteiger partial charge in [-0.15, -0.1) is 0 Å². The minimum Gasteiger partial charge on any atom is -0.381 e. The molecule has 2 rings (SSSR count). The van der Waals surface area contributed by atoms with Gasteiger partial charge < -0.3 is 15.2 Å². The van der Waals surface area contributed by atoms with Gasteiger partial charge in [-0.1, -0.05) is 6.42 Å². The normalized spacial score (nSPS) is 34.9. The molecular formula is C11H21NO2. The van der Waals surface area contributed by atoms with E-state index in [0.717, 1.165) is 32.6 Å². The highest BCUT2D eigenvalue weighted by Gasteiger charge is 2.29. The highest BCUT2D eigenvalue weighted by molar-refractivity contribution is 4.80. The number of rotatable bonds is 3.